The van der Waals surface area contributed by atoms with Crippen molar-refractivity contribution in [1.29, 1.82) is 0 Å². The molecule has 0 radical (unpaired) electrons. The lowest BCUT2D eigenvalue weighted by Crippen LogP contribution is -1.75. The molecular formula is C12H11N3. The van der Waals surface area contributed by atoms with Crippen LogP contribution in [0.3, 0.4) is 0 Å². The summed E-state index contributed by atoms with van der Waals surface area (Å²) in [6, 6.07) is 6.41. The van der Waals surface area contributed by atoms with Crippen LogP contribution in [-0.4, -0.2) is 15.2 Å². The Bertz CT molecular complexity index is 590. The lowest BCUT2D eigenvalue weighted by molar-refractivity contribution is 1.09. The molecule has 0 spiro atoms. The van der Waals surface area contributed by atoms with Crippen LogP contribution in [-0.2, 0) is 0 Å². The second-order valence-corrected chi connectivity index (χ2v) is 3.72. The summed E-state index contributed by atoms with van der Waals surface area (Å²) >= 11 is 0. The third-order valence-electron chi connectivity index (χ3n) is 2.72. The van der Waals surface area contributed by atoms with E-state index in [1.165, 1.54) is 22.0 Å². The van der Waals surface area contributed by atoms with Gasteiger partial charge in [-0.15, -0.1) is 0 Å². The molecular weight excluding hydrogens is 186 g/mol. The average molecular weight is 197 g/mol. The van der Waals surface area contributed by atoms with Crippen molar-refractivity contribution in [2.24, 2.45) is 0 Å². The van der Waals surface area contributed by atoms with E-state index in [1.54, 1.807) is 0 Å². The van der Waals surface area contributed by atoms with Crippen LogP contribution in [0, 0.1) is 6.92 Å². The van der Waals surface area contributed by atoms with Crippen molar-refractivity contribution in [3.05, 3.63) is 42.4 Å². The van der Waals surface area contributed by atoms with Gasteiger partial charge in [0.1, 0.15) is 0 Å². The Hall–Kier alpha value is -2.03. The molecule has 0 saturated heterocycles. The molecule has 0 fully saturated rings. The summed E-state index contributed by atoms with van der Waals surface area (Å²) in [6.45, 7) is 2.11. The molecule has 3 nitrogen and oxygen atoms in total. The molecule has 74 valence electrons. The number of hydrogen-bond acceptors (Lipinski definition) is 1. The van der Waals surface area contributed by atoms with Crippen molar-refractivity contribution in [2.45, 2.75) is 6.92 Å². The standard InChI is InChI=1S/C12H11N3/c1-8-5-13-12-4-9(2-3-11(8)12)10-6-14-15-7-10/h2-7,13H,1H3,(H,14,15). The molecule has 15 heavy (non-hydrogen) atoms. The molecule has 0 amide bonds. The monoisotopic (exact) mass is 197 g/mol. The normalized spacial score (nSPS) is 11.0. The summed E-state index contributed by atoms with van der Waals surface area (Å²) in [7, 11) is 0. The molecule has 2 heterocycles. The predicted molar refractivity (Wildman–Crippen MR) is 60.6 cm³/mol. The number of fused-ring (bicyclic) bond motifs is 1. The summed E-state index contributed by atoms with van der Waals surface area (Å²) in [4.78, 5) is 3.26. The zero-order chi connectivity index (χ0) is 10.3. The molecule has 2 N–H and O–H groups in total. The first-order valence-corrected chi connectivity index (χ1v) is 4.91. The van der Waals surface area contributed by atoms with Crippen LogP contribution in [0.4, 0.5) is 0 Å². The number of aromatic amines is 2. The summed E-state index contributed by atoms with van der Waals surface area (Å²) in [5.74, 6) is 0. The summed E-state index contributed by atoms with van der Waals surface area (Å²) in [5.41, 5.74) is 4.75. The third kappa shape index (κ3) is 1.24. The second kappa shape index (κ2) is 2.98. The summed E-state index contributed by atoms with van der Waals surface area (Å²) in [5, 5.41) is 8.05. The average Bonchev–Trinajstić information content (AvgIpc) is 2.88. The van der Waals surface area contributed by atoms with Gasteiger partial charge in [-0.25, -0.2) is 0 Å². The van der Waals surface area contributed by atoms with E-state index in [2.05, 4.69) is 40.3 Å². The van der Waals surface area contributed by atoms with Crippen LogP contribution in [0.15, 0.2) is 36.8 Å². The Morgan fingerprint density at radius 1 is 1.13 bits per heavy atom. The minimum Gasteiger partial charge on any atom is -0.361 e. The van der Waals surface area contributed by atoms with Gasteiger partial charge >= 0.3 is 0 Å². The van der Waals surface area contributed by atoms with Gasteiger partial charge in [-0.3, -0.25) is 5.10 Å². The molecule has 3 rings (SSSR count). The number of rotatable bonds is 1. The Labute approximate surface area is 87.1 Å². The fourth-order valence-corrected chi connectivity index (χ4v) is 1.86. The van der Waals surface area contributed by atoms with Crippen LogP contribution in [0.5, 0.6) is 0 Å². The van der Waals surface area contributed by atoms with Crippen molar-refractivity contribution in [1.82, 2.24) is 15.2 Å². The van der Waals surface area contributed by atoms with E-state index in [-0.39, 0.29) is 0 Å². The summed E-state index contributed by atoms with van der Waals surface area (Å²) in [6.07, 6.45) is 5.76. The fourth-order valence-electron chi connectivity index (χ4n) is 1.86. The molecule has 2 aromatic heterocycles. The van der Waals surface area contributed by atoms with Gasteiger partial charge in [-0.1, -0.05) is 12.1 Å². The maximum Gasteiger partial charge on any atom is 0.0565 e. The van der Waals surface area contributed by atoms with Crippen molar-refractivity contribution in [2.75, 3.05) is 0 Å². The van der Waals surface area contributed by atoms with Crippen molar-refractivity contribution >= 4 is 10.9 Å². The molecule has 0 aliphatic heterocycles. The lowest BCUT2D eigenvalue weighted by Gasteiger charge is -1.97. The van der Waals surface area contributed by atoms with Crippen LogP contribution in [0.2, 0.25) is 0 Å². The Morgan fingerprint density at radius 2 is 2.07 bits per heavy atom. The van der Waals surface area contributed by atoms with Gasteiger partial charge in [-0.2, -0.15) is 5.10 Å². The van der Waals surface area contributed by atoms with Gasteiger partial charge in [0.05, 0.1) is 6.20 Å². The molecule has 3 aromatic rings. The van der Waals surface area contributed by atoms with E-state index >= 15 is 0 Å². The van der Waals surface area contributed by atoms with Crippen LogP contribution in [0.25, 0.3) is 22.0 Å². The van der Waals surface area contributed by atoms with Crippen molar-refractivity contribution < 1.29 is 0 Å². The van der Waals surface area contributed by atoms with E-state index in [4.69, 9.17) is 0 Å². The van der Waals surface area contributed by atoms with E-state index in [0.717, 1.165) is 5.56 Å². The first-order chi connectivity index (χ1) is 7.34. The molecule has 0 unspecified atom stereocenters. The molecule has 0 aliphatic carbocycles. The van der Waals surface area contributed by atoms with Gasteiger partial charge in [0, 0.05) is 28.9 Å². The smallest absolute Gasteiger partial charge is 0.0565 e. The third-order valence-corrected chi connectivity index (χ3v) is 2.72. The number of H-pyrrole nitrogens is 2. The molecule has 0 bridgehead atoms. The topological polar surface area (TPSA) is 44.5 Å². The Kier molecular flexibility index (Phi) is 1.65. The minimum absolute atomic E-state index is 1.11. The molecule has 1 aromatic carbocycles. The van der Waals surface area contributed by atoms with Crippen molar-refractivity contribution in [3.63, 3.8) is 0 Å². The molecule has 3 heteroatoms. The first-order valence-electron chi connectivity index (χ1n) is 4.91. The van der Waals surface area contributed by atoms with Gasteiger partial charge in [0.25, 0.3) is 0 Å². The summed E-state index contributed by atoms with van der Waals surface area (Å²) < 4.78 is 0. The van der Waals surface area contributed by atoms with E-state index in [1.807, 2.05) is 18.6 Å². The highest BCUT2D eigenvalue weighted by molar-refractivity contribution is 5.87. The fraction of sp³-hybridized carbons (Fsp3) is 0.0833. The number of benzene rings is 1. The quantitative estimate of drug-likeness (QED) is 0.619. The number of nitrogens with one attached hydrogen (secondary N) is 2. The number of aryl methyl sites for hydroxylation is 1. The molecule has 0 aliphatic rings. The number of nitrogens with zero attached hydrogens (tertiary/aromatic N) is 1. The van der Waals surface area contributed by atoms with E-state index in [9.17, 15) is 0 Å². The lowest BCUT2D eigenvalue weighted by atomic mass is 10.1. The Morgan fingerprint density at radius 3 is 2.87 bits per heavy atom. The highest BCUT2D eigenvalue weighted by atomic mass is 15.1. The largest absolute Gasteiger partial charge is 0.361 e. The second-order valence-electron chi connectivity index (χ2n) is 3.72. The number of aromatic nitrogens is 3. The van der Waals surface area contributed by atoms with E-state index in [0.29, 0.717) is 0 Å². The SMILES string of the molecule is Cc1c[nH]c2cc(-c3cn[nH]c3)ccc12. The maximum atomic E-state index is 3.95. The van der Waals surface area contributed by atoms with E-state index < -0.39 is 0 Å². The minimum atomic E-state index is 1.11. The first kappa shape index (κ1) is 8.29. The van der Waals surface area contributed by atoms with Gasteiger partial charge in [0.15, 0.2) is 0 Å². The predicted octanol–water partition coefficient (Wildman–Crippen LogP) is 2.87. The van der Waals surface area contributed by atoms with Crippen LogP contribution < -0.4 is 0 Å². The number of hydrogen-bond donors (Lipinski definition) is 2. The van der Waals surface area contributed by atoms with Gasteiger partial charge in [-0.05, 0) is 24.1 Å². The van der Waals surface area contributed by atoms with Gasteiger partial charge in [0.2, 0.25) is 0 Å². The molecule has 0 atom stereocenters. The zero-order valence-electron chi connectivity index (χ0n) is 8.41. The zero-order valence-corrected chi connectivity index (χ0v) is 8.41. The maximum absolute atomic E-state index is 3.95. The highest BCUT2D eigenvalue weighted by Crippen LogP contribution is 2.24. The van der Waals surface area contributed by atoms with Crippen LogP contribution in [0.1, 0.15) is 5.56 Å². The highest BCUT2D eigenvalue weighted by Gasteiger charge is 2.02. The van der Waals surface area contributed by atoms with Crippen LogP contribution >= 0.6 is 0 Å². The Balaban J connectivity index is 2.23. The molecule has 0 saturated carbocycles. The van der Waals surface area contributed by atoms with Crippen molar-refractivity contribution in [3.8, 4) is 11.1 Å². The van der Waals surface area contributed by atoms with Gasteiger partial charge < -0.3 is 4.98 Å².